The van der Waals surface area contributed by atoms with Gasteiger partial charge in [0, 0.05) is 5.88 Å². The van der Waals surface area contributed by atoms with Crippen molar-refractivity contribution in [2.24, 2.45) is 0 Å². The van der Waals surface area contributed by atoms with Crippen molar-refractivity contribution < 1.29 is 18.0 Å². The molecule has 1 amide bonds. The molecule has 1 aliphatic carbocycles. The molecule has 0 atom stereocenters. The predicted molar refractivity (Wildman–Crippen MR) is 56.5 cm³/mol. The summed E-state index contributed by atoms with van der Waals surface area (Å²) >= 11 is 5.64. The molecule has 0 unspecified atom stereocenters. The van der Waals surface area contributed by atoms with E-state index in [1.54, 1.807) is 0 Å². The van der Waals surface area contributed by atoms with Crippen molar-refractivity contribution in [2.45, 2.75) is 18.4 Å². The van der Waals surface area contributed by atoms with Crippen LogP contribution in [0.5, 0.6) is 0 Å². The van der Waals surface area contributed by atoms with Gasteiger partial charge in [0.25, 0.3) is 5.91 Å². The zero-order valence-corrected chi connectivity index (χ0v) is 9.45. The van der Waals surface area contributed by atoms with Crippen molar-refractivity contribution in [1.29, 1.82) is 0 Å². The fourth-order valence-corrected chi connectivity index (χ4v) is 1.79. The maximum atomic E-state index is 13.3. The Labute approximate surface area is 101 Å². The van der Waals surface area contributed by atoms with Crippen LogP contribution in [0.1, 0.15) is 23.2 Å². The molecule has 0 spiro atoms. The van der Waals surface area contributed by atoms with E-state index in [-0.39, 0.29) is 5.88 Å². The maximum Gasteiger partial charge on any atom is 0.254 e. The lowest BCUT2D eigenvalue weighted by atomic mass is 10.1. The van der Waals surface area contributed by atoms with Gasteiger partial charge in [-0.2, -0.15) is 0 Å². The zero-order valence-electron chi connectivity index (χ0n) is 8.70. The summed E-state index contributed by atoms with van der Waals surface area (Å²) in [5, 5.41) is 2.52. The summed E-state index contributed by atoms with van der Waals surface area (Å²) < 4.78 is 38.9. The Morgan fingerprint density at radius 2 is 1.94 bits per heavy atom. The first-order chi connectivity index (χ1) is 7.99. The Kier molecular flexibility index (Phi) is 3.03. The summed E-state index contributed by atoms with van der Waals surface area (Å²) in [7, 11) is 0. The number of amides is 1. The van der Waals surface area contributed by atoms with Gasteiger partial charge in [-0.15, -0.1) is 11.6 Å². The Hall–Kier alpha value is -1.23. The molecule has 1 aliphatic rings. The molecule has 1 N–H and O–H groups in total. The number of rotatable bonds is 3. The van der Waals surface area contributed by atoms with Crippen LogP contribution in [-0.2, 0) is 0 Å². The number of carbonyl (C=O) groups excluding carboxylic acids is 1. The number of alkyl halides is 1. The summed E-state index contributed by atoms with van der Waals surface area (Å²) in [5.74, 6) is -5.01. The van der Waals surface area contributed by atoms with Crippen molar-refractivity contribution in [3.05, 3.63) is 35.1 Å². The van der Waals surface area contributed by atoms with Gasteiger partial charge in [-0.3, -0.25) is 4.79 Å². The largest absolute Gasteiger partial charge is 0.345 e. The number of halogens is 4. The molecule has 17 heavy (non-hydrogen) atoms. The van der Waals surface area contributed by atoms with Crippen LogP contribution in [-0.4, -0.2) is 17.3 Å². The third-order valence-corrected chi connectivity index (χ3v) is 3.28. The van der Waals surface area contributed by atoms with Gasteiger partial charge in [-0.1, -0.05) is 0 Å². The fraction of sp³-hybridized carbons (Fsp3) is 0.364. The zero-order chi connectivity index (χ0) is 12.6. The van der Waals surface area contributed by atoms with Gasteiger partial charge in [0.15, 0.2) is 17.5 Å². The molecule has 0 heterocycles. The molecule has 0 aliphatic heterocycles. The normalized spacial score (nSPS) is 16.7. The lowest BCUT2D eigenvalue weighted by Crippen LogP contribution is -2.38. The van der Waals surface area contributed by atoms with Gasteiger partial charge in [-0.05, 0) is 25.0 Å². The Morgan fingerprint density at radius 1 is 1.29 bits per heavy atom. The number of nitrogens with one attached hydrogen (secondary N) is 1. The van der Waals surface area contributed by atoms with Crippen molar-refractivity contribution in [3.8, 4) is 0 Å². The van der Waals surface area contributed by atoms with Crippen molar-refractivity contribution in [1.82, 2.24) is 5.32 Å². The van der Waals surface area contributed by atoms with Gasteiger partial charge in [0.2, 0.25) is 0 Å². The summed E-state index contributed by atoms with van der Waals surface area (Å²) in [6.07, 6.45) is 1.40. The third kappa shape index (κ3) is 2.24. The molecule has 0 saturated heterocycles. The van der Waals surface area contributed by atoms with E-state index in [4.69, 9.17) is 11.6 Å². The second-order valence-corrected chi connectivity index (χ2v) is 4.36. The minimum atomic E-state index is -1.65. The van der Waals surface area contributed by atoms with Crippen LogP contribution in [0.3, 0.4) is 0 Å². The molecular weight excluding hydrogens is 255 g/mol. The van der Waals surface area contributed by atoms with Gasteiger partial charge in [0.05, 0.1) is 11.1 Å². The molecule has 2 nitrogen and oxygen atoms in total. The van der Waals surface area contributed by atoms with Crippen molar-refractivity contribution in [3.63, 3.8) is 0 Å². The molecule has 1 saturated carbocycles. The van der Waals surface area contributed by atoms with E-state index in [1.807, 2.05) is 0 Å². The highest BCUT2D eigenvalue weighted by molar-refractivity contribution is 6.19. The highest BCUT2D eigenvalue weighted by atomic mass is 35.5. The molecule has 1 fully saturated rings. The number of hydrogen-bond acceptors (Lipinski definition) is 1. The van der Waals surface area contributed by atoms with E-state index >= 15 is 0 Å². The van der Waals surface area contributed by atoms with Crippen molar-refractivity contribution in [2.75, 3.05) is 5.88 Å². The van der Waals surface area contributed by atoms with Crippen LogP contribution in [0.15, 0.2) is 12.1 Å². The summed E-state index contributed by atoms with van der Waals surface area (Å²) in [6.45, 7) is 0. The van der Waals surface area contributed by atoms with Crippen LogP contribution in [0.2, 0.25) is 0 Å². The minimum absolute atomic E-state index is 0.212. The quantitative estimate of drug-likeness (QED) is 0.659. The molecule has 92 valence electrons. The average Bonchev–Trinajstić information content (AvgIpc) is 3.06. The second kappa shape index (κ2) is 4.22. The molecule has 0 bridgehead atoms. The molecule has 6 heteroatoms. The number of benzene rings is 1. The van der Waals surface area contributed by atoms with E-state index in [9.17, 15) is 18.0 Å². The van der Waals surface area contributed by atoms with Crippen molar-refractivity contribution >= 4 is 17.5 Å². The first-order valence-corrected chi connectivity index (χ1v) is 5.54. The first kappa shape index (κ1) is 12.2. The summed E-state index contributed by atoms with van der Waals surface area (Å²) in [6, 6.07) is 1.63. The van der Waals surface area contributed by atoms with E-state index in [2.05, 4.69) is 5.32 Å². The lowest BCUT2D eigenvalue weighted by Gasteiger charge is -2.14. The maximum absolute atomic E-state index is 13.3. The van der Waals surface area contributed by atoms with E-state index < -0.39 is 34.5 Å². The Bertz CT molecular complexity index is 474. The lowest BCUT2D eigenvalue weighted by molar-refractivity contribution is 0.0930. The molecule has 0 radical (unpaired) electrons. The van der Waals surface area contributed by atoms with Gasteiger partial charge in [0.1, 0.15) is 0 Å². The molecule has 0 aromatic heterocycles. The van der Waals surface area contributed by atoms with Crippen LogP contribution < -0.4 is 5.32 Å². The Balaban J connectivity index is 2.23. The van der Waals surface area contributed by atoms with Gasteiger partial charge in [-0.25, -0.2) is 13.2 Å². The number of carbonyl (C=O) groups is 1. The second-order valence-electron chi connectivity index (χ2n) is 4.09. The van der Waals surface area contributed by atoms with Crippen LogP contribution in [0.4, 0.5) is 13.2 Å². The highest BCUT2D eigenvalue weighted by Gasteiger charge is 2.43. The molecule has 1 aromatic rings. The predicted octanol–water partition coefficient (Wildman–Crippen LogP) is 2.61. The Morgan fingerprint density at radius 3 is 2.47 bits per heavy atom. The molecule has 2 rings (SSSR count). The van der Waals surface area contributed by atoms with Gasteiger partial charge >= 0.3 is 0 Å². The highest BCUT2D eigenvalue weighted by Crippen LogP contribution is 2.36. The topological polar surface area (TPSA) is 29.1 Å². The van der Waals surface area contributed by atoms with E-state index in [1.165, 1.54) is 0 Å². The van der Waals surface area contributed by atoms with Crippen LogP contribution in [0.25, 0.3) is 0 Å². The minimum Gasteiger partial charge on any atom is -0.345 e. The summed E-state index contributed by atoms with van der Waals surface area (Å²) in [5.41, 5.74) is -1.03. The summed E-state index contributed by atoms with van der Waals surface area (Å²) in [4.78, 5) is 11.6. The van der Waals surface area contributed by atoms with Crippen LogP contribution in [0, 0.1) is 17.5 Å². The van der Waals surface area contributed by atoms with Crippen LogP contribution >= 0.6 is 11.6 Å². The standard InChI is InChI=1S/C11H9ClF3NO/c12-5-11(3-4-11)16-10(17)6-1-2-7(13)9(15)8(6)14/h1-2H,3-5H2,(H,16,17). The van der Waals surface area contributed by atoms with E-state index in [0.29, 0.717) is 18.9 Å². The number of hydrogen-bond donors (Lipinski definition) is 1. The van der Waals surface area contributed by atoms with Gasteiger partial charge < -0.3 is 5.32 Å². The average molecular weight is 264 g/mol. The van der Waals surface area contributed by atoms with E-state index in [0.717, 1.165) is 6.07 Å². The fourth-order valence-electron chi connectivity index (χ4n) is 1.45. The smallest absolute Gasteiger partial charge is 0.254 e. The third-order valence-electron chi connectivity index (χ3n) is 2.77. The molecular formula is C11H9ClF3NO. The molecule has 1 aromatic carbocycles. The first-order valence-electron chi connectivity index (χ1n) is 5.01. The SMILES string of the molecule is O=C(NC1(CCl)CC1)c1ccc(F)c(F)c1F. The monoisotopic (exact) mass is 263 g/mol.